The Kier molecular flexibility index (Phi) is 8.35. The van der Waals surface area contributed by atoms with Crippen molar-refractivity contribution < 1.29 is 14.6 Å². The van der Waals surface area contributed by atoms with Crippen molar-refractivity contribution in [1.29, 1.82) is 0 Å². The van der Waals surface area contributed by atoms with Crippen molar-refractivity contribution in [2.45, 2.75) is 46.3 Å². The molecule has 0 saturated heterocycles. The van der Waals surface area contributed by atoms with Gasteiger partial charge in [0, 0.05) is 18.2 Å². The van der Waals surface area contributed by atoms with E-state index in [1.165, 1.54) is 5.56 Å². The highest BCUT2D eigenvalue weighted by Gasteiger charge is 2.13. The fraction of sp³-hybridized carbons (Fsp3) is 0.647. The zero-order valence-electron chi connectivity index (χ0n) is 13.7. The van der Waals surface area contributed by atoms with Crippen LogP contribution in [-0.2, 0) is 4.74 Å². The van der Waals surface area contributed by atoms with Crippen LogP contribution in [0.1, 0.15) is 44.4 Å². The molecule has 4 nitrogen and oxygen atoms in total. The molecule has 0 aliphatic carbocycles. The summed E-state index contributed by atoms with van der Waals surface area (Å²) in [4.78, 5) is 0. The summed E-state index contributed by atoms with van der Waals surface area (Å²) < 4.78 is 11.0. The van der Waals surface area contributed by atoms with E-state index in [1.807, 2.05) is 19.1 Å². The van der Waals surface area contributed by atoms with Gasteiger partial charge in [0.25, 0.3) is 0 Å². The number of nitrogens with one attached hydrogen (secondary N) is 1. The van der Waals surface area contributed by atoms with Gasteiger partial charge in [-0.15, -0.1) is 0 Å². The van der Waals surface area contributed by atoms with Gasteiger partial charge in [0.15, 0.2) is 0 Å². The Balaban J connectivity index is 2.67. The van der Waals surface area contributed by atoms with Crippen LogP contribution in [0.25, 0.3) is 0 Å². The average Bonchev–Trinajstić information content (AvgIpc) is 2.49. The quantitative estimate of drug-likeness (QED) is 0.697. The van der Waals surface area contributed by atoms with E-state index in [9.17, 15) is 5.11 Å². The minimum absolute atomic E-state index is 0.226. The van der Waals surface area contributed by atoms with Gasteiger partial charge in [-0.05, 0) is 39.8 Å². The number of benzene rings is 1. The lowest BCUT2D eigenvalue weighted by atomic mass is 10.0. The van der Waals surface area contributed by atoms with Crippen LogP contribution < -0.4 is 10.1 Å². The van der Waals surface area contributed by atoms with E-state index >= 15 is 0 Å². The molecule has 0 fully saturated rings. The highest BCUT2D eigenvalue weighted by Crippen LogP contribution is 2.26. The number of hydrogen-bond donors (Lipinski definition) is 2. The molecule has 0 aliphatic rings. The van der Waals surface area contributed by atoms with Gasteiger partial charge in [0.1, 0.15) is 18.5 Å². The zero-order valence-corrected chi connectivity index (χ0v) is 13.7. The van der Waals surface area contributed by atoms with Gasteiger partial charge in [0.2, 0.25) is 0 Å². The maximum atomic E-state index is 9.80. The number of aliphatic hydroxyl groups excluding tert-OH is 1. The van der Waals surface area contributed by atoms with Gasteiger partial charge < -0.3 is 19.9 Å². The van der Waals surface area contributed by atoms with Crippen molar-refractivity contribution in [1.82, 2.24) is 5.32 Å². The van der Waals surface area contributed by atoms with Gasteiger partial charge in [-0.3, -0.25) is 0 Å². The summed E-state index contributed by atoms with van der Waals surface area (Å²) in [6.45, 7) is 10.4. The molecule has 2 N–H and O–H groups in total. The summed E-state index contributed by atoms with van der Waals surface area (Å²) in [6.07, 6.45) is 0.498. The van der Waals surface area contributed by atoms with Gasteiger partial charge in [-0.1, -0.05) is 24.6 Å². The van der Waals surface area contributed by atoms with E-state index < -0.39 is 6.10 Å². The highest BCUT2D eigenvalue weighted by atomic mass is 16.5. The number of ether oxygens (including phenoxy) is 2. The fourth-order valence-electron chi connectivity index (χ4n) is 2.10. The largest absolute Gasteiger partial charge is 0.490 e. The summed E-state index contributed by atoms with van der Waals surface area (Å²) in [5.41, 5.74) is 2.34. The molecule has 2 unspecified atom stereocenters. The zero-order chi connectivity index (χ0) is 15.7. The standard InChI is InChI=1S/C17H29NO3/c1-5-9-18-14(4)16-10-13(3)7-8-17(16)21-12-15(19)11-20-6-2/h7-8,10,14-15,18-19H,5-6,9,11-12H2,1-4H3. The molecule has 4 heteroatoms. The van der Waals surface area contributed by atoms with Crippen LogP contribution in [0.2, 0.25) is 0 Å². The summed E-state index contributed by atoms with van der Waals surface area (Å²) in [5.74, 6) is 0.826. The monoisotopic (exact) mass is 295 g/mol. The normalized spacial score (nSPS) is 14.0. The van der Waals surface area contributed by atoms with Gasteiger partial charge >= 0.3 is 0 Å². The number of aliphatic hydroxyl groups is 1. The second kappa shape index (κ2) is 9.77. The molecule has 0 spiro atoms. The topological polar surface area (TPSA) is 50.7 Å². The molecule has 0 aliphatic heterocycles. The molecule has 21 heavy (non-hydrogen) atoms. The van der Waals surface area contributed by atoms with Crippen molar-refractivity contribution in [3.63, 3.8) is 0 Å². The van der Waals surface area contributed by atoms with E-state index in [4.69, 9.17) is 9.47 Å². The fourth-order valence-corrected chi connectivity index (χ4v) is 2.10. The van der Waals surface area contributed by atoms with E-state index in [0.29, 0.717) is 13.2 Å². The van der Waals surface area contributed by atoms with Crippen LogP contribution in [0.15, 0.2) is 18.2 Å². The van der Waals surface area contributed by atoms with E-state index in [0.717, 1.165) is 24.3 Å². The minimum atomic E-state index is -0.599. The smallest absolute Gasteiger partial charge is 0.124 e. The van der Waals surface area contributed by atoms with Crippen molar-refractivity contribution in [2.75, 3.05) is 26.4 Å². The Morgan fingerprint density at radius 3 is 2.67 bits per heavy atom. The third-order valence-electron chi connectivity index (χ3n) is 3.28. The lowest BCUT2D eigenvalue weighted by molar-refractivity contribution is 0.0162. The Morgan fingerprint density at radius 2 is 2.00 bits per heavy atom. The molecular weight excluding hydrogens is 266 g/mol. The minimum Gasteiger partial charge on any atom is -0.490 e. The molecule has 0 heterocycles. The average molecular weight is 295 g/mol. The lowest BCUT2D eigenvalue weighted by Gasteiger charge is -2.20. The van der Waals surface area contributed by atoms with Crippen molar-refractivity contribution in [2.24, 2.45) is 0 Å². The molecule has 0 radical (unpaired) electrons. The van der Waals surface area contributed by atoms with Crippen LogP contribution in [0.4, 0.5) is 0 Å². The Morgan fingerprint density at radius 1 is 1.24 bits per heavy atom. The van der Waals surface area contributed by atoms with Crippen LogP contribution in [-0.4, -0.2) is 37.6 Å². The van der Waals surface area contributed by atoms with Crippen molar-refractivity contribution in [3.8, 4) is 5.75 Å². The second-order valence-electron chi connectivity index (χ2n) is 5.34. The maximum Gasteiger partial charge on any atom is 0.124 e. The van der Waals surface area contributed by atoms with Crippen LogP contribution >= 0.6 is 0 Å². The molecule has 1 rings (SSSR count). The van der Waals surface area contributed by atoms with Crippen molar-refractivity contribution in [3.05, 3.63) is 29.3 Å². The number of hydrogen-bond acceptors (Lipinski definition) is 4. The first-order valence-corrected chi connectivity index (χ1v) is 7.81. The van der Waals surface area contributed by atoms with Crippen LogP contribution in [0.3, 0.4) is 0 Å². The van der Waals surface area contributed by atoms with Crippen molar-refractivity contribution >= 4 is 0 Å². The number of rotatable bonds is 10. The molecule has 0 amide bonds. The summed E-state index contributed by atoms with van der Waals surface area (Å²) in [7, 11) is 0. The predicted molar refractivity (Wildman–Crippen MR) is 85.9 cm³/mol. The highest BCUT2D eigenvalue weighted by molar-refractivity contribution is 5.39. The maximum absolute atomic E-state index is 9.80. The number of aryl methyl sites for hydroxylation is 1. The Hall–Kier alpha value is -1.10. The molecule has 120 valence electrons. The summed E-state index contributed by atoms with van der Waals surface area (Å²) in [6, 6.07) is 6.36. The van der Waals surface area contributed by atoms with Gasteiger partial charge in [-0.25, -0.2) is 0 Å². The van der Waals surface area contributed by atoms with E-state index in [1.54, 1.807) is 0 Å². The molecule has 0 saturated carbocycles. The first kappa shape index (κ1) is 18.0. The first-order valence-electron chi connectivity index (χ1n) is 7.81. The third kappa shape index (κ3) is 6.46. The molecular formula is C17H29NO3. The SMILES string of the molecule is CCCNC(C)c1cc(C)ccc1OCC(O)COCC. The molecule has 0 bridgehead atoms. The summed E-state index contributed by atoms with van der Waals surface area (Å²) >= 11 is 0. The predicted octanol–water partition coefficient (Wildman–Crippen LogP) is 2.83. The Labute approximate surface area is 128 Å². The van der Waals surface area contributed by atoms with Crippen LogP contribution in [0, 0.1) is 6.92 Å². The van der Waals surface area contributed by atoms with E-state index in [-0.39, 0.29) is 12.6 Å². The molecule has 1 aromatic carbocycles. The van der Waals surface area contributed by atoms with Gasteiger partial charge in [0.05, 0.1) is 6.61 Å². The molecule has 0 aromatic heterocycles. The molecule has 2 atom stereocenters. The molecule has 1 aromatic rings. The lowest BCUT2D eigenvalue weighted by Crippen LogP contribution is -2.25. The third-order valence-corrected chi connectivity index (χ3v) is 3.28. The van der Waals surface area contributed by atoms with Gasteiger partial charge in [-0.2, -0.15) is 0 Å². The van der Waals surface area contributed by atoms with E-state index in [2.05, 4.69) is 32.2 Å². The Bertz CT molecular complexity index is 409. The van der Waals surface area contributed by atoms with Crippen LogP contribution in [0.5, 0.6) is 5.75 Å². The summed E-state index contributed by atoms with van der Waals surface area (Å²) in [5, 5.41) is 13.3. The first-order chi connectivity index (χ1) is 10.1. The second-order valence-corrected chi connectivity index (χ2v) is 5.34.